The van der Waals surface area contributed by atoms with E-state index in [1.807, 2.05) is 13.1 Å². The summed E-state index contributed by atoms with van der Waals surface area (Å²) in [5, 5.41) is 9.95. The smallest absolute Gasteiger partial charge is 0.307 e. The van der Waals surface area contributed by atoms with E-state index in [2.05, 4.69) is 27.6 Å². The molecule has 2 aromatic heterocycles. The number of aryl methyl sites for hydroxylation is 2. The molecule has 0 bridgehead atoms. The molecule has 0 spiro atoms. The van der Waals surface area contributed by atoms with Gasteiger partial charge in [-0.25, -0.2) is 9.78 Å². The third-order valence-corrected chi connectivity index (χ3v) is 2.86. The minimum Gasteiger partial charge on any atom is -0.307 e. The molecule has 0 saturated heterocycles. The minimum absolute atomic E-state index is 0.332. The first-order chi connectivity index (χ1) is 9.58. The second kappa shape index (κ2) is 6.38. The van der Waals surface area contributed by atoms with E-state index in [-0.39, 0.29) is 6.03 Å². The molecule has 106 valence electrons. The molecule has 20 heavy (non-hydrogen) atoms. The van der Waals surface area contributed by atoms with Gasteiger partial charge in [0.2, 0.25) is 0 Å². The van der Waals surface area contributed by atoms with Gasteiger partial charge in [-0.1, -0.05) is 18.5 Å². The number of rotatable bonds is 4. The number of urea groups is 1. The number of carbonyl (C=O) groups is 1. The van der Waals surface area contributed by atoms with Gasteiger partial charge in [-0.15, -0.1) is 0 Å². The van der Waals surface area contributed by atoms with Crippen molar-refractivity contribution in [3.8, 4) is 0 Å². The summed E-state index contributed by atoms with van der Waals surface area (Å²) >= 11 is 5.80. The Balaban J connectivity index is 1.99. The Kier molecular flexibility index (Phi) is 4.57. The van der Waals surface area contributed by atoms with Crippen molar-refractivity contribution >= 4 is 29.1 Å². The summed E-state index contributed by atoms with van der Waals surface area (Å²) in [4.78, 5) is 15.8. The number of nitrogens with zero attached hydrogens (tertiary/aromatic N) is 3. The molecule has 0 unspecified atom stereocenters. The van der Waals surface area contributed by atoms with Crippen LogP contribution in [0.25, 0.3) is 0 Å². The summed E-state index contributed by atoms with van der Waals surface area (Å²) in [6.07, 6.45) is 4.42. The molecule has 2 aromatic rings. The Morgan fingerprint density at radius 3 is 3.00 bits per heavy atom. The highest BCUT2D eigenvalue weighted by atomic mass is 35.5. The van der Waals surface area contributed by atoms with E-state index >= 15 is 0 Å². The van der Waals surface area contributed by atoms with E-state index in [1.165, 1.54) is 0 Å². The summed E-state index contributed by atoms with van der Waals surface area (Å²) in [7, 11) is 0. The van der Waals surface area contributed by atoms with Crippen molar-refractivity contribution in [1.82, 2.24) is 14.8 Å². The average molecular weight is 294 g/mol. The molecule has 6 nitrogen and oxygen atoms in total. The van der Waals surface area contributed by atoms with Crippen molar-refractivity contribution in [2.75, 3.05) is 10.6 Å². The largest absolute Gasteiger partial charge is 0.324 e. The number of hydrogen-bond acceptors (Lipinski definition) is 3. The quantitative estimate of drug-likeness (QED) is 0.850. The first-order valence-corrected chi connectivity index (χ1v) is 6.70. The molecular formula is C13H16ClN5O. The molecule has 0 radical (unpaired) electrons. The molecule has 0 fully saturated rings. The molecule has 2 amide bonds. The second-order valence-electron chi connectivity index (χ2n) is 4.37. The van der Waals surface area contributed by atoms with Crippen molar-refractivity contribution in [2.45, 2.75) is 26.8 Å². The number of pyridine rings is 1. The second-order valence-corrected chi connectivity index (χ2v) is 4.75. The van der Waals surface area contributed by atoms with Gasteiger partial charge < -0.3 is 5.32 Å². The summed E-state index contributed by atoms with van der Waals surface area (Å²) in [5.74, 6) is 0.508. The van der Waals surface area contributed by atoms with Crippen molar-refractivity contribution in [1.29, 1.82) is 0 Å². The van der Waals surface area contributed by atoms with Gasteiger partial charge in [-0.2, -0.15) is 5.10 Å². The molecule has 0 aliphatic rings. The molecule has 0 saturated carbocycles. The van der Waals surface area contributed by atoms with Gasteiger partial charge in [-0.05, 0) is 25.0 Å². The lowest BCUT2D eigenvalue weighted by Gasteiger charge is -2.08. The Bertz CT molecular complexity index is 611. The standard InChI is InChI=1S/C13H16ClN5O/c1-3-5-19-6-4-12(18-19)17-13(20)16-10-7-11(14)15-8-9(10)2/h4,6-8H,3,5H2,1-2H3,(H2,15,16,17,18,20). The highest BCUT2D eigenvalue weighted by molar-refractivity contribution is 6.29. The van der Waals surface area contributed by atoms with E-state index in [4.69, 9.17) is 11.6 Å². The van der Waals surface area contributed by atoms with Crippen LogP contribution in [0, 0.1) is 6.92 Å². The zero-order valence-electron chi connectivity index (χ0n) is 11.4. The predicted octanol–water partition coefficient (Wildman–Crippen LogP) is 3.29. The SMILES string of the molecule is CCCn1ccc(NC(=O)Nc2cc(Cl)ncc2C)n1. The maximum atomic E-state index is 11.9. The molecule has 7 heteroatoms. The minimum atomic E-state index is -0.364. The highest BCUT2D eigenvalue weighted by Crippen LogP contribution is 2.17. The zero-order valence-corrected chi connectivity index (χ0v) is 12.1. The van der Waals surface area contributed by atoms with Crippen LogP contribution >= 0.6 is 11.6 Å². The zero-order chi connectivity index (χ0) is 14.5. The summed E-state index contributed by atoms with van der Waals surface area (Å²) in [6, 6.07) is 2.99. The fourth-order valence-corrected chi connectivity index (χ4v) is 1.84. The first-order valence-electron chi connectivity index (χ1n) is 6.32. The number of aromatic nitrogens is 3. The Labute approximate surface area is 122 Å². The molecular weight excluding hydrogens is 278 g/mol. The molecule has 0 aromatic carbocycles. The Morgan fingerprint density at radius 2 is 2.25 bits per heavy atom. The fourth-order valence-electron chi connectivity index (χ4n) is 1.68. The maximum Gasteiger partial charge on any atom is 0.324 e. The average Bonchev–Trinajstić information content (AvgIpc) is 2.81. The van der Waals surface area contributed by atoms with Crippen LogP contribution in [0.15, 0.2) is 24.5 Å². The van der Waals surface area contributed by atoms with Crippen LogP contribution in [0.5, 0.6) is 0 Å². The third kappa shape index (κ3) is 3.71. The van der Waals surface area contributed by atoms with Crippen molar-refractivity contribution < 1.29 is 4.79 Å². The van der Waals surface area contributed by atoms with Crippen LogP contribution in [0.2, 0.25) is 5.15 Å². The van der Waals surface area contributed by atoms with Gasteiger partial charge in [0, 0.05) is 30.7 Å². The number of nitrogens with one attached hydrogen (secondary N) is 2. The van der Waals surface area contributed by atoms with Crippen molar-refractivity contribution in [3.05, 3.63) is 35.2 Å². The monoisotopic (exact) mass is 293 g/mol. The number of amides is 2. The van der Waals surface area contributed by atoms with Crippen molar-refractivity contribution in [2.24, 2.45) is 0 Å². The molecule has 2 rings (SSSR count). The van der Waals surface area contributed by atoms with Crippen LogP contribution in [0.4, 0.5) is 16.3 Å². The van der Waals surface area contributed by atoms with E-state index < -0.39 is 0 Å². The Hall–Kier alpha value is -2.08. The first kappa shape index (κ1) is 14.3. The van der Waals surface area contributed by atoms with Gasteiger partial charge in [0.15, 0.2) is 5.82 Å². The van der Waals surface area contributed by atoms with Crippen LogP contribution in [-0.2, 0) is 6.54 Å². The van der Waals surface area contributed by atoms with Gasteiger partial charge in [0.25, 0.3) is 0 Å². The van der Waals surface area contributed by atoms with Crippen LogP contribution in [-0.4, -0.2) is 20.8 Å². The van der Waals surface area contributed by atoms with E-state index in [9.17, 15) is 4.79 Å². The van der Waals surface area contributed by atoms with Crippen molar-refractivity contribution in [3.63, 3.8) is 0 Å². The number of halogens is 1. The molecule has 0 atom stereocenters. The van der Waals surface area contributed by atoms with Crippen LogP contribution < -0.4 is 10.6 Å². The normalized spacial score (nSPS) is 10.3. The number of carbonyl (C=O) groups excluding carboxylic acids is 1. The molecule has 0 aliphatic carbocycles. The summed E-state index contributed by atoms with van der Waals surface area (Å²) < 4.78 is 1.78. The predicted molar refractivity (Wildman–Crippen MR) is 79.1 cm³/mol. The van der Waals surface area contributed by atoms with E-state index in [0.29, 0.717) is 16.7 Å². The van der Waals surface area contributed by atoms with Crippen LogP contribution in [0.3, 0.4) is 0 Å². The maximum absolute atomic E-state index is 11.9. The van der Waals surface area contributed by atoms with E-state index in [1.54, 1.807) is 23.0 Å². The Morgan fingerprint density at radius 1 is 1.45 bits per heavy atom. The van der Waals surface area contributed by atoms with Gasteiger partial charge in [-0.3, -0.25) is 10.00 Å². The molecule has 2 heterocycles. The molecule has 0 aliphatic heterocycles. The van der Waals surface area contributed by atoms with Gasteiger partial charge in [0.05, 0.1) is 0 Å². The summed E-state index contributed by atoms with van der Waals surface area (Å²) in [5.41, 5.74) is 1.46. The lowest BCUT2D eigenvalue weighted by molar-refractivity contribution is 0.262. The third-order valence-electron chi connectivity index (χ3n) is 2.65. The topological polar surface area (TPSA) is 71.8 Å². The molecule has 2 N–H and O–H groups in total. The fraction of sp³-hybridized carbons (Fsp3) is 0.308. The van der Waals surface area contributed by atoms with Gasteiger partial charge >= 0.3 is 6.03 Å². The van der Waals surface area contributed by atoms with Crippen LogP contribution in [0.1, 0.15) is 18.9 Å². The lowest BCUT2D eigenvalue weighted by atomic mass is 10.2. The number of anilines is 2. The van der Waals surface area contributed by atoms with E-state index in [0.717, 1.165) is 18.5 Å². The highest BCUT2D eigenvalue weighted by Gasteiger charge is 2.07. The van der Waals surface area contributed by atoms with Gasteiger partial charge in [0.1, 0.15) is 5.15 Å². The lowest BCUT2D eigenvalue weighted by Crippen LogP contribution is -2.20. The summed E-state index contributed by atoms with van der Waals surface area (Å²) in [6.45, 7) is 4.73. The number of hydrogen-bond donors (Lipinski definition) is 2.